The SMILES string of the molecule is C[C@@H]1CN(C(=O)OC(C)(C)C)CC[C@H]1n1ncc2c(-c3ccc4c(c3)OCC(=O)N4Cc3ncc(Cl)cn3)c(C#N)c(CCC(F)(F)F)nc21. The van der Waals surface area contributed by atoms with E-state index >= 15 is 0 Å². The van der Waals surface area contributed by atoms with Crippen molar-refractivity contribution in [2.24, 2.45) is 5.92 Å². The Morgan fingerprint density at radius 2 is 1.92 bits per heavy atom. The molecule has 262 valence electrons. The highest BCUT2D eigenvalue weighted by Crippen LogP contribution is 2.42. The second-order valence-corrected chi connectivity index (χ2v) is 13.8. The molecule has 2 atom stereocenters. The third-order valence-corrected chi connectivity index (χ3v) is 8.76. The van der Waals surface area contributed by atoms with Crippen molar-refractivity contribution in [2.75, 3.05) is 24.6 Å². The molecule has 4 aromatic rings. The monoisotopic (exact) mass is 710 g/mol. The van der Waals surface area contributed by atoms with Crippen molar-refractivity contribution in [3.63, 3.8) is 0 Å². The summed E-state index contributed by atoms with van der Waals surface area (Å²) in [4.78, 5) is 41.8. The molecule has 1 saturated heterocycles. The zero-order valence-electron chi connectivity index (χ0n) is 27.8. The maximum atomic E-state index is 13.5. The molecule has 2 amide bonds. The number of anilines is 1. The van der Waals surface area contributed by atoms with E-state index in [1.807, 2.05) is 6.92 Å². The average Bonchev–Trinajstić information content (AvgIpc) is 3.47. The largest absolute Gasteiger partial charge is 0.482 e. The summed E-state index contributed by atoms with van der Waals surface area (Å²) in [7, 11) is 0. The lowest BCUT2D eigenvalue weighted by molar-refractivity contribution is -0.134. The number of aromatic nitrogens is 5. The van der Waals surface area contributed by atoms with Crippen LogP contribution in [0.25, 0.3) is 22.2 Å². The van der Waals surface area contributed by atoms with Crippen LogP contribution in [0.3, 0.4) is 0 Å². The first-order chi connectivity index (χ1) is 23.6. The summed E-state index contributed by atoms with van der Waals surface area (Å²) in [5.41, 5.74) is 0.929. The quantitative estimate of drug-likeness (QED) is 0.215. The van der Waals surface area contributed by atoms with Gasteiger partial charge in [0.2, 0.25) is 0 Å². The molecule has 1 fully saturated rings. The van der Waals surface area contributed by atoms with Gasteiger partial charge in [-0.1, -0.05) is 24.6 Å². The standard InChI is InChI=1S/C34H34ClF3N8O4/c1-19-16-44(32(48)50-33(2,3)4)10-8-25(19)46-31-23(15-42-46)30(22(12-39)24(43-31)7-9-34(36,37)38)20-5-6-26-27(11-20)49-18-29(47)45(26)17-28-40-13-21(35)14-41-28/h5-6,11,13-15,19,25H,7-10,16-18H2,1-4H3/t19-,25-/m1/s1. The molecule has 0 spiro atoms. The summed E-state index contributed by atoms with van der Waals surface area (Å²) in [6, 6.07) is 6.85. The van der Waals surface area contributed by atoms with Gasteiger partial charge in [-0.15, -0.1) is 0 Å². The smallest absolute Gasteiger partial charge is 0.410 e. The van der Waals surface area contributed by atoms with Gasteiger partial charge >= 0.3 is 12.3 Å². The average molecular weight is 711 g/mol. The number of carbonyl (C=O) groups excluding carboxylic acids is 2. The molecule has 0 radical (unpaired) electrons. The van der Waals surface area contributed by atoms with Gasteiger partial charge in [0.05, 0.1) is 40.8 Å². The molecule has 1 aromatic carbocycles. The van der Waals surface area contributed by atoms with E-state index in [1.54, 1.807) is 54.7 Å². The van der Waals surface area contributed by atoms with Crippen LogP contribution >= 0.6 is 11.6 Å². The minimum Gasteiger partial charge on any atom is -0.482 e. The summed E-state index contributed by atoms with van der Waals surface area (Å²) in [6.07, 6.45) is -1.66. The number of pyridine rings is 1. The maximum Gasteiger partial charge on any atom is 0.410 e. The van der Waals surface area contributed by atoms with Gasteiger partial charge in [0.1, 0.15) is 23.2 Å². The van der Waals surface area contributed by atoms with Crippen LogP contribution in [0.4, 0.5) is 23.7 Å². The number of rotatable bonds is 6. The molecule has 16 heteroatoms. The van der Waals surface area contributed by atoms with Crippen molar-refractivity contribution in [3.05, 3.63) is 58.9 Å². The van der Waals surface area contributed by atoms with Gasteiger partial charge in [-0.2, -0.15) is 23.5 Å². The van der Waals surface area contributed by atoms with Crippen molar-refractivity contribution >= 4 is 40.3 Å². The van der Waals surface area contributed by atoms with Gasteiger partial charge in [0, 0.05) is 42.9 Å². The lowest BCUT2D eigenvalue weighted by Crippen LogP contribution is -2.45. The summed E-state index contributed by atoms with van der Waals surface area (Å²) in [5.74, 6) is 0.256. The Labute approximate surface area is 290 Å². The molecule has 0 saturated carbocycles. The number of nitriles is 1. The number of fused-ring (bicyclic) bond motifs is 2. The zero-order chi connectivity index (χ0) is 36.0. The Bertz CT molecular complexity index is 1990. The normalized spacial score (nSPS) is 18.1. The van der Waals surface area contributed by atoms with Crippen LogP contribution in [0.2, 0.25) is 5.02 Å². The number of hydrogen-bond acceptors (Lipinski definition) is 9. The highest BCUT2D eigenvalue weighted by atomic mass is 35.5. The number of amides is 2. The fourth-order valence-corrected chi connectivity index (χ4v) is 6.39. The van der Waals surface area contributed by atoms with Crippen LogP contribution in [0.15, 0.2) is 36.8 Å². The van der Waals surface area contributed by atoms with Crippen molar-refractivity contribution in [1.82, 2.24) is 29.6 Å². The molecule has 3 aromatic heterocycles. The van der Waals surface area contributed by atoms with Gasteiger partial charge in [-0.3, -0.25) is 9.69 Å². The van der Waals surface area contributed by atoms with Crippen LogP contribution in [0, 0.1) is 17.2 Å². The molecule has 0 aliphatic carbocycles. The van der Waals surface area contributed by atoms with Gasteiger partial charge in [-0.05, 0) is 57.2 Å². The number of halogens is 4. The number of likely N-dealkylation sites (tertiary alicyclic amines) is 1. The van der Waals surface area contributed by atoms with E-state index in [9.17, 15) is 28.0 Å². The number of benzene rings is 1. The molecular formula is C34H34ClF3N8O4. The maximum absolute atomic E-state index is 13.5. The lowest BCUT2D eigenvalue weighted by Gasteiger charge is -2.37. The number of alkyl halides is 3. The Hall–Kier alpha value is -4.97. The van der Waals surface area contributed by atoms with E-state index in [1.165, 1.54) is 17.3 Å². The van der Waals surface area contributed by atoms with Gasteiger partial charge in [0.25, 0.3) is 5.91 Å². The van der Waals surface area contributed by atoms with Crippen LogP contribution < -0.4 is 9.64 Å². The third kappa shape index (κ3) is 7.30. The van der Waals surface area contributed by atoms with Crippen LogP contribution in [0.1, 0.15) is 63.7 Å². The number of hydrogen-bond donors (Lipinski definition) is 0. The first-order valence-electron chi connectivity index (χ1n) is 16.0. The number of carbonyl (C=O) groups is 2. The third-order valence-electron chi connectivity index (χ3n) is 8.57. The van der Waals surface area contributed by atoms with Crippen LogP contribution in [0.5, 0.6) is 5.75 Å². The minimum absolute atomic E-state index is 0.00708. The zero-order valence-corrected chi connectivity index (χ0v) is 28.5. The van der Waals surface area contributed by atoms with Gasteiger partial charge in [0.15, 0.2) is 12.3 Å². The Morgan fingerprint density at radius 3 is 2.58 bits per heavy atom. The second kappa shape index (κ2) is 13.4. The fourth-order valence-electron chi connectivity index (χ4n) is 6.29. The first-order valence-corrected chi connectivity index (χ1v) is 16.4. The predicted molar refractivity (Wildman–Crippen MR) is 176 cm³/mol. The summed E-state index contributed by atoms with van der Waals surface area (Å²) in [5, 5.41) is 15.8. The van der Waals surface area contributed by atoms with Crippen LogP contribution in [-0.4, -0.2) is 73.1 Å². The Balaban J connectivity index is 1.40. The molecule has 2 aliphatic heterocycles. The molecule has 2 aliphatic rings. The molecule has 0 N–H and O–H groups in total. The van der Waals surface area contributed by atoms with E-state index in [2.05, 4.69) is 26.1 Å². The van der Waals surface area contributed by atoms with E-state index < -0.39 is 30.7 Å². The first kappa shape index (κ1) is 34.9. The van der Waals surface area contributed by atoms with Crippen molar-refractivity contribution < 1.29 is 32.2 Å². The second-order valence-electron chi connectivity index (χ2n) is 13.4. The van der Waals surface area contributed by atoms with E-state index in [4.69, 9.17) is 21.1 Å². The Morgan fingerprint density at radius 1 is 1.18 bits per heavy atom. The number of aryl methyl sites for hydroxylation is 1. The van der Waals surface area contributed by atoms with Crippen molar-refractivity contribution in [2.45, 2.75) is 71.3 Å². The fraction of sp³-hybridized carbons (Fsp3) is 0.441. The molecule has 6 rings (SSSR count). The van der Waals surface area contributed by atoms with E-state index in [0.717, 1.165) is 0 Å². The number of nitrogens with zero attached hydrogens (tertiary/aromatic N) is 8. The van der Waals surface area contributed by atoms with Gasteiger partial charge < -0.3 is 14.4 Å². The molecule has 0 bridgehead atoms. The topological polar surface area (TPSA) is 139 Å². The highest BCUT2D eigenvalue weighted by molar-refractivity contribution is 6.30. The number of piperidine rings is 1. The van der Waals surface area contributed by atoms with Gasteiger partial charge in [-0.25, -0.2) is 24.4 Å². The minimum atomic E-state index is -4.48. The van der Waals surface area contributed by atoms with Crippen LogP contribution in [-0.2, 0) is 22.5 Å². The molecule has 50 heavy (non-hydrogen) atoms. The predicted octanol–water partition coefficient (Wildman–Crippen LogP) is 6.65. The molecule has 5 heterocycles. The molecule has 0 unspecified atom stereocenters. The van der Waals surface area contributed by atoms with E-state index in [-0.39, 0.29) is 42.3 Å². The molecule has 12 nitrogen and oxygen atoms in total. The van der Waals surface area contributed by atoms with E-state index in [0.29, 0.717) is 64.0 Å². The summed E-state index contributed by atoms with van der Waals surface area (Å²) >= 11 is 5.91. The summed E-state index contributed by atoms with van der Waals surface area (Å²) < 4.78 is 53.5. The lowest BCUT2D eigenvalue weighted by atomic mass is 9.93. The Kier molecular flexibility index (Phi) is 9.34. The van der Waals surface area contributed by atoms with Crippen molar-refractivity contribution in [3.8, 4) is 22.9 Å². The summed E-state index contributed by atoms with van der Waals surface area (Å²) in [6.45, 7) is 7.90. The number of ether oxygens (including phenoxy) is 2. The highest BCUT2D eigenvalue weighted by Gasteiger charge is 2.35. The molecular weight excluding hydrogens is 677 g/mol. The van der Waals surface area contributed by atoms with Crippen molar-refractivity contribution in [1.29, 1.82) is 5.26 Å².